The third kappa shape index (κ3) is 3.61. The Morgan fingerprint density at radius 1 is 1.38 bits per heavy atom. The fraction of sp³-hybridized carbons (Fsp3) is 0.214. The molecule has 0 saturated carbocycles. The van der Waals surface area contributed by atoms with E-state index in [0.717, 1.165) is 5.56 Å². The van der Waals surface area contributed by atoms with E-state index in [1.165, 1.54) is 16.9 Å². The minimum absolute atomic E-state index is 0.0572. The maximum absolute atomic E-state index is 11.9. The van der Waals surface area contributed by atoms with Crippen LogP contribution in [0.3, 0.4) is 0 Å². The number of hydrogen-bond acceptors (Lipinski definition) is 3. The van der Waals surface area contributed by atoms with Crippen LogP contribution in [0, 0.1) is 6.92 Å². The zero-order valence-corrected chi connectivity index (χ0v) is 12.1. The van der Waals surface area contributed by atoms with Crippen molar-refractivity contribution in [2.75, 3.05) is 5.32 Å². The third-order valence-corrected chi connectivity index (χ3v) is 3.44. The van der Waals surface area contributed by atoms with Gasteiger partial charge in [-0.1, -0.05) is 17.7 Å². The number of anilines is 1. The van der Waals surface area contributed by atoms with Gasteiger partial charge in [0.2, 0.25) is 5.91 Å². The summed E-state index contributed by atoms with van der Waals surface area (Å²) in [4.78, 5) is 22.8. The van der Waals surface area contributed by atoms with Crippen molar-refractivity contribution in [1.29, 1.82) is 0 Å². The van der Waals surface area contributed by atoms with Gasteiger partial charge in [0.1, 0.15) is 5.69 Å². The third-order valence-electron chi connectivity index (χ3n) is 3.03. The lowest BCUT2D eigenvalue weighted by Gasteiger charge is -2.10. The Bertz CT molecular complexity index is 682. The maximum atomic E-state index is 11.9. The molecule has 2 aromatic rings. The molecule has 0 saturated heterocycles. The Balaban J connectivity index is 1.98. The first-order valence-electron chi connectivity index (χ1n) is 6.29. The SMILES string of the molecule is Cc1c(Cl)cccc1NC(=O)CCn1nccc1C(=O)O. The molecule has 1 amide bonds. The van der Waals surface area contributed by atoms with Gasteiger partial charge in [0.25, 0.3) is 0 Å². The average molecular weight is 308 g/mol. The molecule has 1 aromatic carbocycles. The highest BCUT2D eigenvalue weighted by molar-refractivity contribution is 6.31. The standard InChI is InChI=1S/C14H14ClN3O3/c1-9-10(15)3-2-4-11(9)17-13(19)6-8-18-12(14(20)21)5-7-16-18/h2-5,7H,6,8H2,1H3,(H,17,19)(H,20,21). The maximum Gasteiger partial charge on any atom is 0.354 e. The first kappa shape index (κ1) is 15.1. The monoisotopic (exact) mass is 307 g/mol. The summed E-state index contributed by atoms with van der Waals surface area (Å²) >= 11 is 5.98. The highest BCUT2D eigenvalue weighted by atomic mass is 35.5. The highest BCUT2D eigenvalue weighted by Gasteiger charge is 2.12. The zero-order chi connectivity index (χ0) is 15.4. The van der Waals surface area contributed by atoms with E-state index in [9.17, 15) is 9.59 Å². The molecular formula is C14H14ClN3O3. The second-order valence-electron chi connectivity index (χ2n) is 4.46. The number of nitrogens with zero attached hydrogens (tertiary/aromatic N) is 2. The molecule has 1 heterocycles. The summed E-state index contributed by atoms with van der Waals surface area (Å²) in [7, 11) is 0. The summed E-state index contributed by atoms with van der Waals surface area (Å²) in [5, 5.41) is 16.2. The normalized spacial score (nSPS) is 10.4. The number of benzene rings is 1. The Morgan fingerprint density at radius 3 is 2.86 bits per heavy atom. The van der Waals surface area contributed by atoms with Gasteiger partial charge in [0.05, 0.1) is 6.54 Å². The van der Waals surface area contributed by atoms with Crippen molar-refractivity contribution in [3.63, 3.8) is 0 Å². The number of aromatic carboxylic acids is 1. The van der Waals surface area contributed by atoms with E-state index < -0.39 is 5.97 Å². The fourth-order valence-electron chi connectivity index (χ4n) is 1.86. The van der Waals surface area contributed by atoms with Gasteiger partial charge in [-0.3, -0.25) is 9.48 Å². The van der Waals surface area contributed by atoms with Gasteiger partial charge in [-0.05, 0) is 30.7 Å². The van der Waals surface area contributed by atoms with E-state index in [0.29, 0.717) is 10.7 Å². The van der Waals surface area contributed by atoms with Crippen LogP contribution in [0.2, 0.25) is 5.02 Å². The van der Waals surface area contributed by atoms with Gasteiger partial charge in [-0.25, -0.2) is 4.79 Å². The van der Waals surface area contributed by atoms with Crippen LogP contribution in [0.4, 0.5) is 5.69 Å². The first-order chi connectivity index (χ1) is 9.99. The Hall–Kier alpha value is -2.34. The summed E-state index contributed by atoms with van der Waals surface area (Å²) in [6, 6.07) is 6.65. The van der Waals surface area contributed by atoms with E-state index in [4.69, 9.17) is 16.7 Å². The largest absolute Gasteiger partial charge is 0.477 e. The predicted octanol–water partition coefficient (Wildman–Crippen LogP) is 2.57. The van der Waals surface area contributed by atoms with Crippen molar-refractivity contribution < 1.29 is 14.7 Å². The van der Waals surface area contributed by atoms with Crippen LogP contribution in [0.1, 0.15) is 22.5 Å². The molecule has 21 heavy (non-hydrogen) atoms. The molecule has 0 unspecified atom stereocenters. The van der Waals surface area contributed by atoms with Crippen molar-refractivity contribution >= 4 is 29.2 Å². The van der Waals surface area contributed by atoms with Gasteiger partial charge >= 0.3 is 5.97 Å². The molecule has 2 N–H and O–H groups in total. The Labute approximate surface area is 126 Å². The lowest BCUT2D eigenvalue weighted by Crippen LogP contribution is -2.17. The number of carboxylic acid groups (broad SMARTS) is 1. The van der Waals surface area contributed by atoms with Crippen molar-refractivity contribution in [3.05, 3.63) is 46.7 Å². The molecule has 7 heteroatoms. The molecule has 0 radical (unpaired) electrons. The van der Waals surface area contributed by atoms with Crippen LogP contribution < -0.4 is 5.32 Å². The smallest absolute Gasteiger partial charge is 0.354 e. The number of carboxylic acids is 1. The van der Waals surface area contributed by atoms with Gasteiger partial charge in [-0.15, -0.1) is 0 Å². The summed E-state index contributed by atoms with van der Waals surface area (Å²) < 4.78 is 1.28. The molecule has 0 aliphatic heterocycles. The summed E-state index contributed by atoms with van der Waals surface area (Å²) in [5.74, 6) is -1.30. The number of hydrogen-bond donors (Lipinski definition) is 2. The molecule has 110 valence electrons. The summed E-state index contributed by atoms with van der Waals surface area (Å²) in [6.07, 6.45) is 1.51. The molecule has 0 spiro atoms. The number of halogens is 1. The lowest BCUT2D eigenvalue weighted by molar-refractivity contribution is -0.116. The topological polar surface area (TPSA) is 84.2 Å². The van der Waals surface area contributed by atoms with E-state index >= 15 is 0 Å². The summed E-state index contributed by atoms with van der Waals surface area (Å²) in [6.45, 7) is 2.01. The first-order valence-corrected chi connectivity index (χ1v) is 6.67. The average Bonchev–Trinajstić information content (AvgIpc) is 2.90. The zero-order valence-electron chi connectivity index (χ0n) is 11.3. The fourth-order valence-corrected chi connectivity index (χ4v) is 2.03. The number of aromatic nitrogens is 2. The van der Waals surface area contributed by atoms with Crippen molar-refractivity contribution in [1.82, 2.24) is 9.78 Å². The minimum Gasteiger partial charge on any atom is -0.477 e. The van der Waals surface area contributed by atoms with E-state index in [1.54, 1.807) is 18.2 Å². The summed E-state index contributed by atoms with van der Waals surface area (Å²) in [5.41, 5.74) is 1.49. The second-order valence-corrected chi connectivity index (χ2v) is 4.86. The second kappa shape index (κ2) is 6.41. The number of amides is 1. The minimum atomic E-state index is -1.07. The van der Waals surface area contributed by atoms with Crippen LogP contribution in [-0.2, 0) is 11.3 Å². The number of aryl methyl sites for hydroxylation is 1. The molecule has 1 aromatic heterocycles. The Morgan fingerprint density at radius 2 is 2.14 bits per heavy atom. The highest BCUT2D eigenvalue weighted by Crippen LogP contribution is 2.22. The van der Waals surface area contributed by atoms with E-state index in [-0.39, 0.29) is 24.6 Å². The molecular weight excluding hydrogens is 294 g/mol. The van der Waals surface area contributed by atoms with Crippen LogP contribution >= 0.6 is 11.6 Å². The Kier molecular flexibility index (Phi) is 4.59. The number of carbonyl (C=O) groups is 2. The van der Waals surface area contributed by atoms with Crippen LogP contribution in [0.15, 0.2) is 30.5 Å². The van der Waals surface area contributed by atoms with Crippen LogP contribution in [-0.4, -0.2) is 26.8 Å². The number of rotatable bonds is 5. The van der Waals surface area contributed by atoms with Gasteiger partial charge in [0, 0.05) is 23.3 Å². The quantitative estimate of drug-likeness (QED) is 0.889. The van der Waals surface area contributed by atoms with Crippen molar-refractivity contribution in [2.45, 2.75) is 19.9 Å². The molecule has 6 nitrogen and oxygen atoms in total. The van der Waals surface area contributed by atoms with Gasteiger partial charge in [-0.2, -0.15) is 5.10 Å². The molecule has 0 bridgehead atoms. The number of carbonyl (C=O) groups excluding carboxylic acids is 1. The van der Waals surface area contributed by atoms with E-state index in [1.807, 2.05) is 6.92 Å². The molecule has 0 fully saturated rings. The van der Waals surface area contributed by atoms with Crippen LogP contribution in [0.25, 0.3) is 0 Å². The molecule has 2 rings (SSSR count). The van der Waals surface area contributed by atoms with Gasteiger partial charge < -0.3 is 10.4 Å². The molecule has 0 aliphatic rings. The van der Waals surface area contributed by atoms with Crippen LogP contribution in [0.5, 0.6) is 0 Å². The molecule has 0 aliphatic carbocycles. The molecule has 0 atom stereocenters. The van der Waals surface area contributed by atoms with Crippen molar-refractivity contribution in [2.24, 2.45) is 0 Å². The van der Waals surface area contributed by atoms with Gasteiger partial charge in [0.15, 0.2) is 0 Å². The number of nitrogens with one attached hydrogen (secondary N) is 1. The van der Waals surface area contributed by atoms with E-state index in [2.05, 4.69) is 10.4 Å². The predicted molar refractivity (Wildman–Crippen MR) is 78.6 cm³/mol. The lowest BCUT2D eigenvalue weighted by atomic mass is 10.2. The van der Waals surface area contributed by atoms with Crippen molar-refractivity contribution in [3.8, 4) is 0 Å².